The van der Waals surface area contributed by atoms with Crippen molar-refractivity contribution in [2.75, 3.05) is 11.9 Å². The molecule has 1 fully saturated rings. The van der Waals surface area contributed by atoms with Crippen LogP contribution >= 0.6 is 11.6 Å². The lowest BCUT2D eigenvalue weighted by Gasteiger charge is -2.29. The first-order valence-electron chi connectivity index (χ1n) is 9.64. The molecule has 0 atom stereocenters. The number of aromatic amines is 1. The van der Waals surface area contributed by atoms with E-state index < -0.39 is 11.7 Å². The quantitative estimate of drug-likeness (QED) is 0.482. The number of ether oxygens (including phenoxy) is 1. The second-order valence-corrected chi connectivity index (χ2v) is 8.07. The van der Waals surface area contributed by atoms with Crippen molar-refractivity contribution in [1.82, 2.24) is 4.98 Å². The molecule has 4 rings (SSSR count). The van der Waals surface area contributed by atoms with Gasteiger partial charge in [0.15, 0.2) is 0 Å². The molecule has 1 saturated carbocycles. The molecule has 1 aromatic heterocycles. The average molecular weight is 437 g/mol. The number of hydrogen-bond acceptors (Lipinski definition) is 2. The van der Waals surface area contributed by atoms with E-state index >= 15 is 0 Å². The van der Waals surface area contributed by atoms with Crippen LogP contribution in [0.4, 0.5) is 18.9 Å². The Labute approximate surface area is 176 Å². The first-order valence-corrected chi connectivity index (χ1v) is 10.1. The standard InChI is InChI=1S/C22H20ClF3N2O2/c23-16-9-14(10-16)21(29)28-20-12-27-19-6-5-17(11-18(19)20)30-8-7-13-1-3-15(4-2-13)22(24,25)26/h1-6,11-12,14,16,27H,7-10H2,(H,28,29). The first-order chi connectivity index (χ1) is 14.3. The molecule has 30 heavy (non-hydrogen) atoms. The fourth-order valence-electron chi connectivity index (χ4n) is 3.44. The second-order valence-electron chi connectivity index (χ2n) is 7.46. The maximum Gasteiger partial charge on any atom is 0.416 e. The van der Waals surface area contributed by atoms with E-state index in [1.54, 1.807) is 12.3 Å². The third-order valence-electron chi connectivity index (χ3n) is 5.30. The van der Waals surface area contributed by atoms with Gasteiger partial charge in [-0.2, -0.15) is 13.2 Å². The summed E-state index contributed by atoms with van der Waals surface area (Å²) in [6.45, 7) is 0.322. The Hall–Kier alpha value is -2.67. The normalized spacial score (nSPS) is 18.8. The lowest BCUT2D eigenvalue weighted by Crippen LogP contribution is -2.34. The molecule has 0 aliphatic heterocycles. The minimum Gasteiger partial charge on any atom is -0.493 e. The van der Waals surface area contributed by atoms with E-state index in [-0.39, 0.29) is 17.2 Å². The Bertz CT molecular complexity index is 1040. The molecule has 1 aliphatic rings. The number of hydrogen-bond donors (Lipinski definition) is 2. The number of benzene rings is 2. The van der Waals surface area contributed by atoms with Gasteiger partial charge in [0.05, 0.1) is 17.9 Å². The van der Waals surface area contributed by atoms with Gasteiger partial charge in [-0.25, -0.2) is 0 Å². The predicted octanol–water partition coefficient (Wildman–Crippen LogP) is 5.76. The number of alkyl halides is 4. The Morgan fingerprint density at radius 3 is 2.57 bits per heavy atom. The summed E-state index contributed by atoms with van der Waals surface area (Å²) in [4.78, 5) is 15.4. The van der Waals surface area contributed by atoms with Crippen molar-refractivity contribution >= 4 is 34.1 Å². The van der Waals surface area contributed by atoms with E-state index in [4.69, 9.17) is 16.3 Å². The monoisotopic (exact) mass is 436 g/mol. The number of carbonyl (C=O) groups excluding carboxylic acids is 1. The van der Waals surface area contributed by atoms with E-state index in [0.29, 0.717) is 37.3 Å². The highest BCUT2D eigenvalue weighted by Crippen LogP contribution is 2.34. The molecule has 0 unspecified atom stereocenters. The van der Waals surface area contributed by atoms with Crippen molar-refractivity contribution in [3.05, 3.63) is 59.8 Å². The Morgan fingerprint density at radius 2 is 1.90 bits per heavy atom. The van der Waals surface area contributed by atoms with Gasteiger partial charge in [0.2, 0.25) is 5.91 Å². The summed E-state index contributed by atoms with van der Waals surface area (Å²) in [6.07, 6.45) is -0.736. The number of anilines is 1. The van der Waals surface area contributed by atoms with Crippen LogP contribution in [0, 0.1) is 5.92 Å². The number of H-pyrrole nitrogens is 1. The Morgan fingerprint density at radius 1 is 1.17 bits per heavy atom. The van der Waals surface area contributed by atoms with Gasteiger partial charge >= 0.3 is 6.18 Å². The van der Waals surface area contributed by atoms with Gasteiger partial charge < -0.3 is 15.0 Å². The lowest BCUT2D eigenvalue weighted by molar-refractivity contribution is -0.137. The zero-order valence-electron chi connectivity index (χ0n) is 15.9. The molecule has 0 saturated heterocycles. The Balaban J connectivity index is 1.37. The summed E-state index contributed by atoms with van der Waals surface area (Å²) >= 11 is 5.95. The topological polar surface area (TPSA) is 54.1 Å². The van der Waals surface area contributed by atoms with Gasteiger partial charge in [-0.15, -0.1) is 11.6 Å². The van der Waals surface area contributed by atoms with Crippen molar-refractivity contribution < 1.29 is 22.7 Å². The van der Waals surface area contributed by atoms with Crippen LogP contribution in [0.3, 0.4) is 0 Å². The van der Waals surface area contributed by atoms with Crippen LogP contribution < -0.4 is 10.1 Å². The third kappa shape index (κ3) is 4.56. The predicted molar refractivity (Wildman–Crippen MR) is 110 cm³/mol. The van der Waals surface area contributed by atoms with Crippen LogP contribution in [0.5, 0.6) is 5.75 Å². The lowest BCUT2D eigenvalue weighted by atomic mass is 9.84. The summed E-state index contributed by atoms with van der Waals surface area (Å²) in [5.74, 6) is 0.524. The Kier molecular flexibility index (Phi) is 5.64. The van der Waals surface area contributed by atoms with E-state index in [0.717, 1.165) is 28.6 Å². The first kappa shape index (κ1) is 20.6. The molecule has 8 heteroatoms. The van der Waals surface area contributed by atoms with Gasteiger partial charge in [0.1, 0.15) is 5.75 Å². The minimum absolute atomic E-state index is 0.0403. The van der Waals surface area contributed by atoms with E-state index in [1.807, 2.05) is 12.1 Å². The summed E-state index contributed by atoms with van der Waals surface area (Å²) in [6, 6.07) is 10.6. The molecule has 0 spiro atoms. The van der Waals surface area contributed by atoms with Crippen molar-refractivity contribution in [3.63, 3.8) is 0 Å². The summed E-state index contributed by atoms with van der Waals surface area (Å²) in [7, 11) is 0. The molecule has 2 N–H and O–H groups in total. The highest BCUT2D eigenvalue weighted by Gasteiger charge is 2.33. The number of rotatable bonds is 6. The van der Waals surface area contributed by atoms with Gasteiger partial charge in [0, 0.05) is 34.8 Å². The van der Waals surface area contributed by atoms with Crippen LogP contribution in [-0.4, -0.2) is 22.9 Å². The molecule has 0 bridgehead atoms. The maximum absolute atomic E-state index is 12.6. The number of fused-ring (bicyclic) bond motifs is 1. The molecular weight excluding hydrogens is 417 g/mol. The number of halogens is 4. The van der Waals surface area contributed by atoms with Crippen molar-refractivity contribution in [1.29, 1.82) is 0 Å². The summed E-state index contributed by atoms with van der Waals surface area (Å²) in [5, 5.41) is 3.85. The molecule has 3 aromatic rings. The van der Waals surface area contributed by atoms with Gasteiger partial charge in [-0.3, -0.25) is 4.79 Å². The summed E-state index contributed by atoms with van der Waals surface area (Å²) in [5.41, 5.74) is 1.64. The van der Waals surface area contributed by atoms with Crippen LogP contribution in [0.25, 0.3) is 10.9 Å². The fourth-order valence-corrected chi connectivity index (χ4v) is 3.87. The SMILES string of the molecule is O=C(Nc1c[nH]c2ccc(OCCc3ccc(C(F)(F)F)cc3)cc12)C1CC(Cl)C1. The van der Waals surface area contributed by atoms with Crippen LogP contribution in [0.2, 0.25) is 0 Å². The van der Waals surface area contributed by atoms with Crippen molar-refractivity contribution in [3.8, 4) is 5.75 Å². The van der Waals surface area contributed by atoms with Crippen molar-refractivity contribution in [2.45, 2.75) is 30.8 Å². The molecule has 0 radical (unpaired) electrons. The zero-order valence-corrected chi connectivity index (χ0v) is 16.7. The van der Waals surface area contributed by atoms with E-state index in [9.17, 15) is 18.0 Å². The molecule has 1 heterocycles. The fraction of sp³-hybridized carbons (Fsp3) is 0.318. The number of nitrogens with one attached hydrogen (secondary N) is 2. The van der Waals surface area contributed by atoms with Crippen LogP contribution in [-0.2, 0) is 17.4 Å². The highest BCUT2D eigenvalue weighted by molar-refractivity contribution is 6.21. The number of amides is 1. The minimum atomic E-state index is -4.33. The van der Waals surface area contributed by atoms with Gasteiger partial charge in [-0.1, -0.05) is 12.1 Å². The maximum atomic E-state index is 12.6. The molecule has 4 nitrogen and oxygen atoms in total. The summed E-state index contributed by atoms with van der Waals surface area (Å²) < 4.78 is 43.7. The average Bonchev–Trinajstić information content (AvgIpc) is 3.07. The molecule has 1 aliphatic carbocycles. The largest absolute Gasteiger partial charge is 0.493 e. The van der Waals surface area contributed by atoms with Crippen molar-refractivity contribution in [2.24, 2.45) is 5.92 Å². The number of carbonyl (C=O) groups is 1. The highest BCUT2D eigenvalue weighted by atomic mass is 35.5. The molecular formula is C22H20ClF3N2O2. The second kappa shape index (κ2) is 8.22. The van der Waals surface area contributed by atoms with Crippen LogP contribution in [0.15, 0.2) is 48.7 Å². The smallest absolute Gasteiger partial charge is 0.416 e. The van der Waals surface area contributed by atoms with E-state index in [2.05, 4.69) is 10.3 Å². The zero-order chi connectivity index (χ0) is 21.3. The van der Waals surface area contributed by atoms with Gasteiger partial charge in [-0.05, 0) is 48.7 Å². The van der Waals surface area contributed by atoms with Crippen LogP contribution in [0.1, 0.15) is 24.0 Å². The molecule has 158 valence electrons. The molecule has 2 aromatic carbocycles. The molecule has 1 amide bonds. The van der Waals surface area contributed by atoms with Gasteiger partial charge in [0.25, 0.3) is 0 Å². The van der Waals surface area contributed by atoms with E-state index in [1.165, 1.54) is 12.1 Å². The third-order valence-corrected chi connectivity index (χ3v) is 5.66. The number of aromatic nitrogens is 1.